The number of carbonyl (C=O) groups is 1. The molecule has 2 N–H and O–H groups in total. The average Bonchev–Trinajstić information content (AvgIpc) is 3.63. The summed E-state index contributed by atoms with van der Waals surface area (Å²) in [4.78, 5) is 27.2. The summed E-state index contributed by atoms with van der Waals surface area (Å²) in [6.45, 7) is 2.70. The number of amides is 1. The molecule has 0 saturated carbocycles. The van der Waals surface area contributed by atoms with E-state index in [1.165, 1.54) is 31.9 Å². The van der Waals surface area contributed by atoms with Gasteiger partial charge in [-0.1, -0.05) is 0 Å². The van der Waals surface area contributed by atoms with E-state index in [0.29, 0.717) is 39.8 Å². The third-order valence-electron chi connectivity index (χ3n) is 7.33. The molecule has 5 aromatic rings. The maximum Gasteiger partial charge on any atom is 0.284 e. The van der Waals surface area contributed by atoms with Crippen LogP contribution in [0, 0.1) is 12.7 Å². The molecule has 2 aromatic carbocycles. The summed E-state index contributed by atoms with van der Waals surface area (Å²) in [7, 11) is 3.39. The van der Waals surface area contributed by atoms with Gasteiger partial charge in [0.05, 0.1) is 24.0 Å². The molecule has 1 fully saturated rings. The molecule has 0 aliphatic carbocycles. The first-order valence-corrected chi connectivity index (χ1v) is 13.5. The molecule has 1 aliphatic rings. The van der Waals surface area contributed by atoms with Crippen LogP contribution >= 0.6 is 0 Å². The molecule has 1 saturated heterocycles. The van der Waals surface area contributed by atoms with E-state index >= 15 is 0 Å². The van der Waals surface area contributed by atoms with Gasteiger partial charge < -0.3 is 20.1 Å². The van der Waals surface area contributed by atoms with Gasteiger partial charge in [0.1, 0.15) is 41.5 Å². The number of carbonyl (C=O) groups excluding carboxylic acids is 1. The molecule has 1 aliphatic heterocycles. The van der Waals surface area contributed by atoms with E-state index in [9.17, 15) is 13.6 Å². The average molecular weight is 587 g/mol. The number of aromatic nitrogens is 5. The van der Waals surface area contributed by atoms with Crippen molar-refractivity contribution in [3.05, 3.63) is 78.5 Å². The molecule has 1 unspecified atom stereocenters. The predicted molar refractivity (Wildman–Crippen MR) is 157 cm³/mol. The van der Waals surface area contributed by atoms with E-state index in [1.807, 2.05) is 24.9 Å². The lowest BCUT2D eigenvalue weighted by Crippen LogP contribution is -2.24. The Morgan fingerprint density at radius 1 is 1.09 bits per heavy atom. The number of anilines is 3. The Morgan fingerprint density at radius 2 is 1.95 bits per heavy atom. The summed E-state index contributed by atoms with van der Waals surface area (Å²) >= 11 is 0. The maximum absolute atomic E-state index is 14.9. The molecule has 11 nitrogen and oxygen atoms in total. The topological polar surface area (TPSA) is 119 Å². The zero-order valence-electron chi connectivity index (χ0n) is 23.6. The van der Waals surface area contributed by atoms with Gasteiger partial charge in [-0.2, -0.15) is 5.10 Å². The lowest BCUT2D eigenvalue weighted by atomic mass is 10.1. The zero-order valence-corrected chi connectivity index (χ0v) is 23.6. The number of hydrogen-bond acceptors (Lipinski definition) is 9. The van der Waals surface area contributed by atoms with Crippen molar-refractivity contribution in [2.45, 2.75) is 25.8 Å². The molecule has 1 amide bonds. The Balaban J connectivity index is 1.27. The lowest BCUT2D eigenvalue weighted by Gasteiger charge is -2.17. The number of pyridine rings is 1. The summed E-state index contributed by atoms with van der Waals surface area (Å²) < 4.78 is 43.0. The van der Waals surface area contributed by atoms with Crippen LogP contribution in [0.25, 0.3) is 16.6 Å². The number of rotatable bonds is 8. The molecule has 13 heteroatoms. The second-order valence-corrected chi connectivity index (χ2v) is 10.2. The fraction of sp³-hybridized carbons (Fsp3) is 0.233. The third kappa shape index (κ3) is 5.79. The molecule has 3 aromatic heterocycles. The molecule has 6 rings (SSSR count). The van der Waals surface area contributed by atoms with Gasteiger partial charge in [-0.15, -0.1) is 0 Å². The number of aryl methyl sites for hydroxylation is 1. The van der Waals surface area contributed by atoms with Gasteiger partial charge in [0, 0.05) is 35.8 Å². The van der Waals surface area contributed by atoms with Crippen LogP contribution in [0.4, 0.5) is 26.0 Å². The van der Waals surface area contributed by atoms with E-state index in [1.54, 1.807) is 28.9 Å². The molecule has 220 valence electrons. The monoisotopic (exact) mass is 586 g/mol. The van der Waals surface area contributed by atoms with E-state index in [-0.39, 0.29) is 17.2 Å². The largest absolute Gasteiger partial charge is 0.494 e. The Hall–Kier alpha value is -5.17. The Kier molecular flexibility index (Phi) is 7.55. The van der Waals surface area contributed by atoms with Gasteiger partial charge in [0.2, 0.25) is 0 Å². The third-order valence-corrected chi connectivity index (χ3v) is 7.33. The standard InChI is InChI=1S/C30H28F2N8O3/c1-17-9-25(27(42-3)14-26(17)43-19-6-8-40-28(11-19)34-16-36-40)37-29-20-12-24(21(31)13-23(20)33-15-35-29)38-30(41)22(32)10-18-5-4-7-39(18)2/h6,8-16,18H,4-5,7H2,1-3H3,(H,38,41)(H,33,35,37). The van der Waals surface area contributed by atoms with Crippen molar-refractivity contribution in [2.24, 2.45) is 0 Å². The summed E-state index contributed by atoms with van der Waals surface area (Å²) in [6.07, 6.45) is 7.44. The molecule has 0 radical (unpaired) electrons. The normalized spacial score (nSPS) is 15.7. The summed E-state index contributed by atoms with van der Waals surface area (Å²) in [6, 6.07) is 9.46. The number of halogens is 2. The fourth-order valence-corrected chi connectivity index (χ4v) is 5.01. The maximum atomic E-state index is 14.9. The number of likely N-dealkylation sites (N-methyl/N-ethyl adjacent to an activating group) is 1. The van der Waals surface area contributed by atoms with Crippen LogP contribution in [0.5, 0.6) is 17.2 Å². The fourth-order valence-electron chi connectivity index (χ4n) is 5.01. The molecular weight excluding hydrogens is 558 g/mol. The SMILES string of the molecule is COc1cc(Oc2ccn3ncnc3c2)c(C)cc1Nc1ncnc2cc(F)c(NC(=O)C(F)=CC3CCCN3C)cc12. The highest BCUT2D eigenvalue weighted by Crippen LogP contribution is 2.38. The minimum atomic E-state index is -1.03. The lowest BCUT2D eigenvalue weighted by molar-refractivity contribution is -0.114. The first-order valence-electron chi connectivity index (χ1n) is 13.5. The molecule has 1 atom stereocenters. The minimum absolute atomic E-state index is 0.177. The number of ether oxygens (including phenoxy) is 2. The van der Waals surface area contributed by atoms with Gasteiger partial charge in [0.15, 0.2) is 11.5 Å². The van der Waals surface area contributed by atoms with E-state index in [4.69, 9.17) is 9.47 Å². The van der Waals surface area contributed by atoms with Crippen LogP contribution in [-0.2, 0) is 4.79 Å². The van der Waals surface area contributed by atoms with Crippen molar-refractivity contribution >= 4 is 39.6 Å². The minimum Gasteiger partial charge on any atom is -0.494 e. The highest BCUT2D eigenvalue weighted by atomic mass is 19.1. The van der Waals surface area contributed by atoms with Crippen LogP contribution in [0.15, 0.2) is 67.2 Å². The second kappa shape index (κ2) is 11.6. The van der Waals surface area contributed by atoms with Gasteiger partial charge in [-0.05, 0) is 63.2 Å². The second-order valence-electron chi connectivity index (χ2n) is 10.2. The van der Waals surface area contributed by atoms with Gasteiger partial charge >= 0.3 is 0 Å². The van der Waals surface area contributed by atoms with Gasteiger partial charge in [-0.3, -0.25) is 9.69 Å². The first-order chi connectivity index (χ1) is 20.8. The van der Waals surface area contributed by atoms with Gasteiger partial charge in [-0.25, -0.2) is 28.2 Å². The van der Waals surface area contributed by atoms with Crippen molar-refractivity contribution < 1.29 is 23.0 Å². The van der Waals surface area contributed by atoms with E-state index in [0.717, 1.165) is 31.0 Å². The highest BCUT2D eigenvalue weighted by molar-refractivity contribution is 6.04. The Morgan fingerprint density at radius 3 is 2.74 bits per heavy atom. The van der Waals surface area contributed by atoms with E-state index in [2.05, 4.69) is 30.7 Å². The molecule has 4 heterocycles. The van der Waals surface area contributed by atoms with Crippen LogP contribution in [0.2, 0.25) is 0 Å². The smallest absolute Gasteiger partial charge is 0.284 e. The number of nitrogens with one attached hydrogen (secondary N) is 2. The number of hydrogen-bond donors (Lipinski definition) is 2. The van der Waals surface area contributed by atoms with E-state index < -0.39 is 17.6 Å². The number of nitrogens with zero attached hydrogens (tertiary/aromatic N) is 6. The van der Waals surface area contributed by atoms with Crippen LogP contribution in [0.1, 0.15) is 18.4 Å². The van der Waals surface area contributed by atoms with Crippen molar-refractivity contribution in [2.75, 3.05) is 31.3 Å². The number of benzene rings is 2. The highest BCUT2D eigenvalue weighted by Gasteiger charge is 2.22. The van der Waals surface area contributed by atoms with Crippen molar-refractivity contribution in [3.63, 3.8) is 0 Å². The zero-order chi connectivity index (χ0) is 30.1. The first kappa shape index (κ1) is 28.0. The number of fused-ring (bicyclic) bond motifs is 2. The van der Waals surface area contributed by atoms with Crippen LogP contribution in [0.3, 0.4) is 0 Å². The molecular formula is C30H28F2N8O3. The van der Waals surface area contributed by atoms with Crippen molar-refractivity contribution in [1.29, 1.82) is 0 Å². The summed E-state index contributed by atoms with van der Waals surface area (Å²) in [5.74, 6) is -0.833. The molecule has 43 heavy (non-hydrogen) atoms. The van der Waals surface area contributed by atoms with Crippen molar-refractivity contribution in [1.82, 2.24) is 29.5 Å². The summed E-state index contributed by atoms with van der Waals surface area (Å²) in [5.41, 5.74) is 2.08. The predicted octanol–water partition coefficient (Wildman–Crippen LogP) is 5.55. The van der Waals surface area contributed by atoms with Gasteiger partial charge in [0.25, 0.3) is 5.91 Å². The molecule has 0 bridgehead atoms. The van der Waals surface area contributed by atoms with Crippen LogP contribution in [-0.4, -0.2) is 62.1 Å². The quantitative estimate of drug-likeness (QED) is 0.226. The molecule has 0 spiro atoms. The van der Waals surface area contributed by atoms with Crippen molar-refractivity contribution in [3.8, 4) is 17.2 Å². The number of likely N-dealkylation sites (tertiary alicyclic amines) is 1. The Bertz CT molecular complexity index is 1880. The summed E-state index contributed by atoms with van der Waals surface area (Å²) in [5, 5.41) is 10.0. The Labute approximate surface area is 245 Å². The number of methoxy groups -OCH3 is 1. The van der Waals surface area contributed by atoms with Crippen LogP contribution < -0.4 is 20.1 Å².